The first-order valence-electron chi connectivity index (χ1n) is 7.58. The summed E-state index contributed by atoms with van der Waals surface area (Å²) in [5.41, 5.74) is 0. The van der Waals surface area contributed by atoms with E-state index < -0.39 is 15.9 Å². The minimum Gasteiger partial charge on any atom is -0.390 e. The second-order valence-electron chi connectivity index (χ2n) is 6.21. The van der Waals surface area contributed by atoms with Crippen LogP contribution in [0.25, 0.3) is 0 Å². The van der Waals surface area contributed by atoms with Crippen LogP contribution < -0.4 is 0 Å². The monoisotopic (exact) mass is 300 g/mol. The highest BCUT2D eigenvalue weighted by atomic mass is 32.2. The van der Waals surface area contributed by atoms with Crippen molar-refractivity contribution in [3.8, 4) is 0 Å². The number of hydrogen-bond donors (Lipinski definition) is 1. The van der Waals surface area contributed by atoms with Gasteiger partial charge in [0.2, 0.25) is 0 Å². The molecule has 3 atom stereocenters. The average Bonchev–Trinajstić information content (AvgIpc) is 2.73. The Bertz CT molecular complexity index is 469. The Balaban J connectivity index is 1.56. The Morgan fingerprint density at radius 2 is 1.75 bits per heavy atom. The van der Waals surface area contributed by atoms with E-state index in [1.165, 1.54) is 19.3 Å². The zero-order chi connectivity index (χ0) is 14.2. The van der Waals surface area contributed by atoms with E-state index in [0.29, 0.717) is 6.04 Å². The molecule has 20 heavy (non-hydrogen) atoms. The second kappa shape index (κ2) is 5.75. The molecule has 0 saturated carbocycles. The van der Waals surface area contributed by atoms with Crippen molar-refractivity contribution in [3.63, 3.8) is 0 Å². The van der Waals surface area contributed by atoms with Gasteiger partial charge < -0.3 is 5.11 Å². The molecule has 6 heteroatoms. The molecule has 2 aliphatic heterocycles. The lowest BCUT2D eigenvalue weighted by Crippen LogP contribution is -2.55. The Morgan fingerprint density at radius 3 is 2.30 bits per heavy atom. The van der Waals surface area contributed by atoms with Crippen molar-refractivity contribution in [1.29, 1.82) is 0 Å². The van der Waals surface area contributed by atoms with E-state index in [1.807, 2.05) is 0 Å². The van der Waals surface area contributed by atoms with Crippen molar-refractivity contribution in [3.05, 3.63) is 12.2 Å². The molecular formula is C14H24N2O3S. The highest BCUT2D eigenvalue weighted by Gasteiger charge is 2.41. The van der Waals surface area contributed by atoms with Crippen LogP contribution in [0.5, 0.6) is 0 Å². The van der Waals surface area contributed by atoms with Gasteiger partial charge in [0.05, 0.1) is 23.7 Å². The Morgan fingerprint density at radius 1 is 1.05 bits per heavy atom. The van der Waals surface area contributed by atoms with Gasteiger partial charge in [-0.2, -0.15) is 0 Å². The molecule has 0 aromatic carbocycles. The van der Waals surface area contributed by atoms with Gasteiger partial charge in [0, 0.05) is 32.2 Å². The molecule has 1 aliphatic carbocycles. The first-order chi connectivity index (χ1) is 9.55. The third kappa shape index (κ3) is 3.08. The van der Waals surface area contributed by atoms with Crippen LogP contribution in [0, 0.1) is 0 Å². The van der Waals surface area contributed by atoms with Gasteiger partial charge in [0.15, 0.2) is 9.84 Å². The van der Waals surface area contributed by atoms with Crippen LogP contribution in [-0.2, 0) is 9.84 Å². The topological polar surface area (TPSA) is 60.9 Å². The number of piperazine rings is 1. The van der Waals surface area contributed by atoms with Crippen molar-refractivity contribution < 1.29 is 13.5 Å². The van der Waals surface area contributed by atoms with E-state index >= 15 is 0 Å². The van der Waals surface area contributed by atoms with Crippen LogP contribution in [0.2, 0.25) is 0 Å². The number of nitrogens with zero attached hydrogens (tertiary/aromatic N) is 2. The molecule has 3 aliphatic rings. The van der Waals surface area contributed by atoms with Gasteiger partial charge in [-0.15, -0.1) is 0 Å². The highest BCUT2D eigenvalue weighted by Crippen LogP contribution is 2.22. The number of aliphatic hydroxyl groups is 1. The average molecular weight is 300 g/mol. The second-order valence-corrected chi connectivity index (χ2v) is 8.36. The van der Waals surface area contributed by atoms with Crippen LogP contribution in [0.3, 0.4) is 0 Å². The molecule has 2 fully saturated rings. The zero-order valence-electron chi connectivity index (χ0n) is 11.8. The van der Waals surface area contributed by atoms with Crippen LogP contribution >= 0.6 is 0 Å². The summed E-state index contributed by atoms with van der Waals surface area (Å²) in [4.78, 5) is 4.65. The summed E-state index contributed by atoms with van der Waals surface area (Å²) in [6.45, 7) is 3.67. The molecule has 114 valence electrons. The number of hydrogen-bond acceptors (Lipinski definition) is 5. The molecule has 0 spiro atoms. The number of aliphatic hydroxyl groups excluding tert-OH is 1. The fourth-order valence-corrected chi connectivity index (χ4v) is 5.49. The first kappa shape index (κ1) is 14.5. The van der Waals surface area contributed by atoms with Gasteiger partial charge in [0.25, 0.3) is 0 Å². The van der Waals surface area contributed by atoms with Gasteiger partial charge in [0.1, 0.15) is 0 Å². The van der Waals surface area contributed by atoms with Crippen LogP contribution in [-0.4, -0.2) is 79.2 Å². The number of sulfone groups is 1. The lowest BCUT2D eigenvalue weighted by Gasteiger charge is -2.41. The van der Waals surface area contributed by atoms with Crippen LogP contribution in [0.4, 0.5) is 0 Å². The minimum absolute atomic E-state index is 0.0662. The van der Waals surface area contributed by atoms with Crippen LogP contribution in [0.15, 0.2) is 12.2 Å². The molecule has 0 aromatic rings. The van der Waals surface area contributed by atoms with Crippen molar-refractivity contribution in [1.82, 2.24) is 9.80 Å². The molecule has 2 heterocycles. The largest absolute Gasteiger partial charge is 0.390 e. The van der Waals surface area contributed by atoms with E-state index in [4.69, 9.17) is 0 Å². The molecule has 0 amide bonds. The lowest BCUT2D eigenvalue weighted by molar-refractivity contribution is 0.0355. The maximum atomic E-state index is 11.6. The van der Waals surface area contributed by atoms with Crippen molar-refractivity contribution in [2.75, 3.05) is 37.7 Å². The number of rotatable bonds is 2. The van der Waals surface area contributed by atoms with Gasteiger partial charge in [-0.05, 0) is 19.3 Å². The molecule has 0 radical (unpaired) electrons. The summed E-state index contributed by atoms with van der Waals surface area (Å²) in [5.74, 6) is 0.0563. The molecule has 3 unspecified atom stereocenters. The van der Waals surface area contributed by atoms with E-state index in [0.717, 1.165) is 26.2 Å². The molecule has 2 saturated heterocycles. The molecular weight excluding hydrogens is 276 g/mol. The van der Waals surface area contributed by atoms with Crippen molar-refractivity contribution >= 4 is 9.84 Å². The zero-order valence-corrected chi connectivity index (χ0v) is 12.6. The predicted octanol–water partition coefficient (Wildman–Crippen LogP) is -0.129. The molecule has 0 aromatic heterocycles. The summed E-state index contributed by atoms with van der Waals surface area (Å²) in [6.07, 6.45) is 7.57. The van der Waals surface area contributed by atoms with Crippen LogP contribution in [0.1, 0.15) is 19.3 Å². The fraction of sp³-hybridized carbons (Fsp3) is 0.857. The fourth-order valence-electron chi connectivity index (χ4n) is 3.66. The van der Waals surface area contributed by atoms with E-state index in [-0.39, 0.29) is 17.5 Å². The summed E-state index contributed by atoms with van der Waals surface area (Å²) in [6, 6.07) is 0.368. The van der Waals surface area contributed by atoms with Gasteiger partial charge in [-0.3, -0.25) is 9.80 Å². The summed E-state index contributed by atoms with van der Waals surface area (Å²) in [7, 11) is -3.04. The third-order valence-corrected chi connectivity index (χ3v) is 6.51. The van der Waals surface area contributed by atoms with E-state index in [2.05, 4.69) is 22.0 Å². The maximum absolute atomic E-state index is 11.6. The van der Waals surface area contributed by atoms with Gasteiger partial charge in [-0.1, -0.05) is 12.2 Å². The predicted molar refractivity (Wildman–Crippen MR) is 78.4 cm³/mol. The number of allylic oxidation sites excluding steroid dienone is 1. The van der Waals surface area contributed by atoms with Crippen molar-refractivity contribution in [2.45, 2.75) is 37.5 Å². The molecule has 1 N–H and O–H groups in total. The third-order valence-electron chi connectivity index (χ3n) is 4.81. The van der Waals surface area contributed by atoms with Crippen molar-refractivity contribution in [2.24, 2.45) is 0 Å². The molecule has 3 rings (SSSR count). The highest BCUT2D eigenvalue weighted by molar-refractivity contribution is 7.91. The molecule has 5 nitrogen and oxygen atoms in total. The summed E-state index contributed by atoms with van der Waals surface area (Å²) < 4.78 is 23.2. The smallest absolute Gasteiger partial charge is 0.154 e. The lowest BCUT2D eigenvalue weighted by atomic mass is 10.0. The first-order valence-corrected chi connectivity index (χ1v) is 9.40. The standard InChI is InChI=1S/C14H24N2O3S/c17-14-11-20(18,19)10-13(14)16-8-6-15(7-9-16)12-4-2-1-3-5-12/h2,4,12-14,17H,1,3,5-11H2. The Hall–Kier alpha value is -0.430. The minimum atomic E-state index is -3.04. The van der Waals surface area contributed by atoms with Gasteiger partial charge in [-0.25, -0.2) is 8.42 Å². The normalized spacial score (nSPS) is 39.1. The van der Waals surface area contributed by atoms with E-state index in [9.17, 15) is 13.5 Å². The summed E-state index contributed by atoms with van der Waals surface area (Å²) in [5, 5.41) is 9.95. The summed E-state index contributed by atoms with van der Waals surface area (Å²) >= 11 is 0. The van der Waals surface area contributed by atoms with E-state index in [1.54, 1.807) is 0 Å². The van der Waals surface area contributed by atoms with Gasteiger partial charge >= 0.3 is 0 Å². The maximum Gasteiger partial charge on any atom is 0.154 e. The molecule has 0 bridgehead atoms. The SMILES string of the molecule is O=S1(=O)CC(O)C(N2CCN(C3C=CCCC3)CC2)C1. The Labute approximate surface area is 121 Å². The Kier molecular flexibility index (Phi) is 4.17. The quantitative estimate of drug-likeness (QED) is 0.720.